The van der Waals surface area contributed by atoms with Gasteiger partial charge in [-0.2, -0.15) is 15.3 Å². The lowest BCUT2D eigenvalue weighted by Crippen LogP contribution is -1.85. The van der Waals surface area contributed by atoms with Crippen molar-refractivity contribution in [2.24, 2.45) is 0 Å². The molecule has 0 saturated heterocycles. The summed E-state index contributed by atoms with van der Waals surface area (Å²) in [4.78, 5) is 22.5. The zero-order chi connectivity index (χ0) is 35.6. The minimum absolute atomic E-state index is 0.711. The van der Waals surface area contributed by atoms with Crippen LogP contribution in [0.15, 0.2) is 80.4 Å². The first-order chi connectivity index (χ1) is 22.0. The Labute approximate surface area is 273 Å². The molecule has 5 aromatic rings. The topological polar surface area (TPSA) is 155 Å². The summed E-state index contributed by atoms with van der Waals surface area (Å²) in [6.45, 7) is 29.4. The van der Waals surface area contributed by atoms with E-state index in [1.54, 1.807) is 31.7 Å². The van der Waals surface area contributed by atoms with Crippen molar-refractivity contribution in [3.8, 4) is 0 Å². The Morgan fingerprint density at radius 1 is 0.400 bits per heavy atom. The van der Waals surface area contributed by atoms with Gasteiger partial charge in [0.25, 0.3) is 0 Å². The van der Waals surface area contributed by atoms with E-state index in [0.29, 0.717) is 5.82 Å². The van der Waals surface area contributed by atoms with E-state index in [4.69, 9.17) is 0 Å². The van der Waals surface area contributed by atoms with Gasteiger partial charge in [-0.05, 0) is 34.6 Å². The average molecular weight is 623 g/mol. The van der Waals surface area contributed by atoms with Gasteiger partial charge >= 0.3 is 0 Å². The molecule has 1 aromatic carbocycles. The summed E-state index contributed by atoms with van der Waals surface area (Å²) in [5, 5.41) is 21.4. The van der Waals surface area contributed by atoms with E-state index in [2.05, 4.69) is 79.6 Å². The van der Waals surface area contributed by atoms with Crippen molar-refractivity contribution in [1.29, 1.82) is 0 Å². The number of benzene rings is 1. The first kappa shape index (κ1) is 49.9. The van der Waals surface area contributed by atoms with Gasteiger partial charge in [0.2, 0.25) is 0 Å². The Kier molecular flexibility index (Phi) is 51.3. The normalized spacial score (nSPS) is 7.44. The molecule has 0 unspecified atom stereocenters. The minimum Gasteiger partial charge on any atom is -0.241 e. The molecule has 0 radical (unpaired) electrons. The van der Waals surface area contributed by atoms with Crippen molar-refractivity contribution < 1.29 is 0 Å². The zero-order valence-electron chi connectivity index (χ0n) is 30.4. The maximum Gasteiger partial charge on any atom is 0.147 e. The Balaban J connectivity index is -0.000000138. The second kappa shape index (κ2) is 46.2. The van der Waals surface area contributed by atoms with Crippen molar-refractivity contribution in [2.75, 3.05) is 0 Å². The van der Waals surface area contributed by atoms with Gasteiger partial charge in [-0.15, -0.1) is 15.3 Å². The van der Waals surface area contributed by atoms with E-state index >= 15 is 0 Å². The van der Waals surface area contributed by atoms with Crippen LogP contribution in [0.2, 0.25) is 0 Å². The molecule has 250 valence electrons. The zero-order valence-corrected chi connectivity index (χ0v) is 30.4. The molecule has 0 fully saturated rings. The van der Waals surface area contributed by atoms with Gasteiger partial charge in [-0.3, -0.25) is 0 Å². The van der Waals surface area contributed by atoms with E-state index in [1.165, 1.54) is 30.9 Å². The summed E-state index contributed by atoms with van der Waals surface area (Å²) in [7, 11) is 0. The number of hydrogen-bond donors (Lipinski definition) is 0. The van der Waals surface area contributed by atoms with Crippen LogP contribution >= 0.6 is 0 Å². The molecule has 0 saturated carbocycles. The fourth-order valence-electron chi connectivity index (χ4n) is 1.76. The SMILES string of the molecule is CC.CC.CC.CC.CC.Cc1ccccc1.Cc1cncnn1.Cc1cnncn1.Cc1nccnn1.Cc1ncncn1. The summed E-state index contributed by atoms with van der Waals surface area (Å²) < 4.78 is 0. The van der Waals surface area contributed by atoms with Crippen LogP contribution in [-0.4, -0.2) is 60.5 Å². The highest BCUT2D eigenvalue weighted by Gasteiger charge is 1.78. The fraction of sp³-hybridized carbons (Fsp3) is 0.455. The molecule has 0 aliphatic heterocycles. The molecule has 0 aliphatic carbocycles. The third-order valence-electron chi connectivity index (χ3n) is 3.38. The van der Waals surface area contributed by atoms with Crippen molar-refractivity contribution in [3.05, 3.63) is 109 Å². The Morgan fingerprint density at radius 3 is 1.20 bits per heavy atom. The molecule has 0 atom stereocenters. The summed E-state index contributed by atoms with van der Waals surface area (Å²) >= 11 is 0. The monoisotopic (exact) mass is 622 g/mol. The maximum absolute atomic E-state index is 3.81. The van der Waals surface area contributed by atoms with Gasteiger partial charge in [0.05, 0.1) is 30.0 Å². The molecule has 4 heterocycles. The molecule has 0 amide bonds. The van der Waals surface area contributed by atoms with E-state index in [0.717, 1.165) is 17.2 Å². The Bertz CT molecular complexity index is 905. The lowest BCUT2D eigenvalue weighted by atomic mass is 10.2. The molecule has 45 heavy (non-hydrogen) atoms. The van der Waals surface area contributed by atoms with Crippen LogP contribution in [0.4, 0.5) is 0 Å². The van der Waals surface area contributed by atoms with Gasteiger partial charge in [-0.25, -0.2) is 29.9 Å². The number of hydrogen-bond acceptors (Lipinski definition) is 12. The van der Waals surface area contributed by atoms with Crippen molar-refractivity contribution >= 4 is 0 Å². The van der Waals surface area contributed by atoms with E-state index in [9.17, 15) is 0 Å². The predicted molar refractivity (Wildman–Crippen MR) is 186 cm³/mol. The van der Waals surface area contributed by atoms with Crippen LogP contribution in [0.25, 0.3) is 0 Å². The molecule has 12 heteroatoms. The molecule has 0 N–H and O–H groups in total. The highest BCUT2D eigenvalue weighted by Crippen LogP contribution is 1.92. The highest BCUT2D eigenvalue weighted by atomic mass is 15.1. The fourth-order valence-corrected chi connectivity index (χ4v) is 1.76. The molecule has 0 bridgehead atoms. The van der Waals surface area contributed by atoms with Crippen molar-refractivity contribution in [1.82, 2.24) is 60.5 Å². The highest BCUT2D eigenvalue weighted by molar-refractivity contribution is 5.11. The van der Waals surface area contributed by atoms with Gasteiger partial charge in [-0.1, -0.05) is 105 Å². The summed E-state index contributed by atoms with van der Waals surface area (Å²) in [5.74, 6) is 1.47. The molecule has 5 rings (SSSR count). The maximum atomic E-state index is 3.81. The standard InChI is InChI=1S/C7H8.4C4H5N3.5C2H6/c1-7-5-3-2-4-6-7;1-4-6-2-5-3-7-4;1-4-2-6-7-3-5-4;1-4-2-5-3-6-7-4;1-4-5-2-3-6-7-4;5*1-2/h2-6H,1H3;4*2-3H,1H3;5*1-2H3. The number of aromatic nitrogens is 12. The molecule has 0 aliphatic rings. The Hall–Kier alpha value is -4.74. The first-order valence-corrected chi connectivity index (χ1v) is 15.4. The molecular formula is C33H58N12. The van der Waals surface area contributed by atoms with Crippen LogP contribution in [0, 0.1) is 34.6 Å². The van der Waals surface area contributed by atoms with Gasteiger partial charge in [0.15, 0.2) is 0 Å². The third-order valence-corrected chi connectivity index (χ3v) is 3.38. The second-order valence-corrected chi connectivity index (χ2v) is 6.53. The van der Waals surface area contributed by atoms with E-state index < -0.39 is 0 Å². The largest absolute Gasteiger partial charge is 0.241 e. The lowest BCUT2D eigenvalue weighted by molar-refractivity contribution is 0.907. The van der Waals surface area contributed by atoms with Gasteiger partial charge in [0.1, 0.15) is 37.0 Å². The summed E-state index contributed by atoms with van der Waals surface area (Å²) in [6, 6.07) is 10.3. The van der Waals surface area contributed by atoms with Crippen LogP contribution in [0.1, 0.15) is 97.8 Å². The third kappa shape index (κ3) is 43.8. The molecule has 4 aromatic heterocycles. The quantitative estimate of drug-likeness (QED) is 0.165. The number of rotatable bonds is 0. The first-order valence-electron chi connectivity index (χ1n) is 15.4. The number of aryl methyl sites for hydroxylation is 5. The van der Waals surface area contributed by atoms with Crippen LogP contribution in [0.3, 0.4) is 0 Å². The Morgan fingerprint density at radius 2 is 0.978 bits per heavy atom. The average Bonchev–Trinajstić information content (AvgIpc) is 3.12. The van der Waals surface area contributed by atoms with Gasteiger partial charge in [0, 0.05) is 6.20 Å². The van der Waals surface area contributed by atoms with Crippen LogP contribution in [-0.2, 0) is 0 Å². The van der Waals surface area contributed by atoms with E-state index in [1.807, 2.05) is 108 Å². The lowest BCUT2D eigenvalue weighted by Gasteiger charge is -1.82. The second-order valence-electron chi connectivity index (χ2n) is 6.53. The summed E-state index contributed by atoms with van der Waals surface area (Å²) in [6.07, 6.45) is 12.2. The smallest absolute Gasteiger partial charge is 0.147 e. The van der Waals surface area contributed by atoms with Crippen LogP contribution in [0.5, 0.6) is 0 Å². The molecule has 12 nitrogen and oxygen atoms in total. The van der Waals surface area contributed by atoms with E-state index in [-0.39, 0.29) is 0 Å². The van der Waals surface area contributed by atoms with Crippen LogP contribution < -0.4 is 0 Å². The predicted octanol–water partition coefficient (Wildman–Crippen LogP) is 7.85. The summed E-state index contributed by atoms with van der Waals surface area (Å²) in [5.41, 5.74) is 3.07. The minimum atomic E-state index is 0.711. The van der Waals surface area contributed by atoms with Gasteiger partial charge < -0.3 is 0 Å². The molecular weight excluding hydrogens is 564 g/mol. The van der Waals surface area contributed by atoms with Crippen molar-refractivity contribution in [2.45, 2.75) is 104 Å². The van der Waals surface area contributed by atoms with Crippen molar-refractivity contribution in [3.63, 3.8) is 0 Å². The number of nitrogens with zero attached hydrogens (tertiary/aromatic N) is 12. The molecule has 0 spiro atoms.